The maximum atomic E-state index is 11.8. The smallest absolute Gasteiger partial charge is 0.101 e. The van der Waals surface area contributed by atoms with Gasteiger partial charge in [-0.15, -0.1) is 6.54 Å². The minimum Gasteiger partial charge on any atom is -0.544 e. The Kier molecular flexibility index (Phi) is 5.36. The van der Waals surface area contributed by atoms with E-state index in [4.69, 9.17) is 0 Å². The lowest BCUT2D eigenvalue weighted by Gasteiger charge is -2.20. The molecule has 0 saturated carbocycles. The van der Waals surface area contributed by atoms with Gasteiger partial charge < -0.3 is 4.72 Å². The fourth-order valence-electron chi connectivity index (χ4n) is 1.18. The standard InChI is InChI=1S/C12H15BrNO2S/c1-10-3-5-12(6-4-10)17(15,16)14-8-7-11(2)9-13/h3-6,9H,7-8H2,1-2H3/q-1/b11-9-. The van der Waals surface area contributed by atoms with Gasteiger partial charge in [0.15, 0.2) is 0 Å². The summed E-state index contributed by atoms with van der Waals surface area (Å²) in [7, 11) is -3.50. The largest absolute Gasteiger partial charge is 0.544 e. The lowest BCUT2D eigenvalue weighted by molar-refractivity contribution is 0.601. The summed E-state index contributed by atoms with van der Waals surface area (Å²) in [6.07, 6.45) is 0.635. The van der Waals surface area contributed by atoms with Gasteiger partial charge in [0.05, 0.1) is 0 Å². The van der Waals surface area contributed by atoms with E-state index in [1.165, 1.54) is 0 Å². The Bertz CT molecular complexity index is 492. The second-order valence-electron chi connectivity index (χ2n) is 3.85. The first-order valence-corrected chi connectivity index (χ1v) is 7.57. The van der Waals surface area contributed by atoms with Crippen molar-refractivity contribution in [3.05, 3.63) is 45.1 Å². The molecule has 0 fully saturated rings. The van der Waals surface area contributed by atoms with E-state index < -0.39 is 10.0 Å². The SMILES string of the molecule is C/C(=C/Br)CC[N-]S(=O)(=O)c1ccc(C)cc1. The van der Waals surface area contributed by atoms with Gasteiger partial charge in [-0.1, -0.05) is 39.2 Å². The molecule has 0 bridgehead atoms. The highest BCUT2D eigenvalue weighted by Crippen LogP contribution is 2.18. The van der Waals surface area contributed by atoms with E-state index in [1.807, 2.05) is 13.8 Å². The Morgan fingerprint density at radius 1 is 1.35 bits per heavy atom. The zero-order valence-electron chi connectivity index (χ0n) is 9.85. The van der Waals surface area contributed by atoms with Crippen molar-refractivity contribution in [2.24, 2.45) is 0 Å². The van der Waals surface area contributed by atoms with Crippen LogP contribution in [0.25, 0.3) is 4.72 Å². The third-order valence-electron chi connectivity index (χ3n) is 2.27. The number of hydrogen-bond donors (Lipinski definition) is 0. The summed E-state index contributed by atoms with van der Waals surface area (Å²) in [6.45, 7) is 4.12. The number of nitrogens with zero attached hydrogens (tertiary/aromatic N) is 1. The summed E-state index contributed by atoms with van der Waals surface area (Å²) in [5, 5.41) is 0. The van der Waals surface area contributed by atoms with Crippen LogP contribution in [0.4, 0.5) is 0 Å². The van der Waals surface area contributed by atoms with Crippen LogP contribution in [0, 0.1) is 6.92 Å². The Balaban J connectivity index is 2.66. The zero-order valence-corrected chi connectivity index (χ0v) is 12.3. The molecule has 3 nitrogen and oxygen atoms in total. The summed E-state index contributed by atoms with van der Waals surface area (Å²) >= 11 is 3.20. The molecule has 0 saturated heterocycles. The van der Waals surface area contributed by atoms with Crippen molar-refractivity contribution >= 4 is 26.0 Å². The highest BCUT2D eigenvalue weighted by molar-refractivity contribution is 9.11. The van der Waals surface area contributed by atoms with Crippen molar-refractivity contribution < 1.29 is 8.42 Å². The van der Waals surface area contributed by atoms with Gasteiger partial charge in [-0.25, -0.2) is 8.42 Å². The summed E-state index contributed by atoms with van der Waals surface area (Å²) in [5.41, 5.74) is 2.09. The van der Waals surface area contributed by atoms with Crippen LogP contribution in [-0.4, -0.2) is 15.0 Å². The van der Waals surface area contributed by atoms with Crippen LogP contribution in [0.1, 0.15) is 18.9 Å². The molecular weight excluding hydrogens is 302 g/mol. The second kappa shape index (κ2) is 6.33. The number of halogens is 1. The first-order chi connectivity index (χ1) is 7.95. The van der Waals surface area contributed by atoms with Crippen molar-refractivity contribution in [1.29, 1.82) is 0 Å². The molecule has 17 heavy (non-hydrogen) atoms. The first kappa shape index (κ1) is 14.4. The number of rotatable bonds is 5. The quantitative estimate of drug-likeness (QED) is 0.830. The monoisotopic (exact) mass is 316 g/mol. The number of hydrogen-bond acceptors (Lipinski definition) is 2. The summed E-state index contributed by atoms with van der Waals surface area (Å²) in [6, 6.07) is 6.71. The molecule has 0 N–H and O–H groups in total. The molecule has 0 radical (unpaired) electrons. The van der Waals surface area contributed by atoms with Gasteiger partial charge in [-0.3, -0.25) is 0 Å². The van der Waals surface area contributed by atoms with Gasteiger partial charge in [0, 0.05) is 4.90 Å². The molecular formula is C12H15BrNO2S-. The van der Waals surface area contributed by atoms with Crippen LogP contribution in [0.15, 0.2) is 39.7 Å². The van der Waals surface area contributed by atoms with E-state index in [0.29, 0.717) is 6.42 Å². The number of sulfonamides is 1. The van der Waals surface area contributed by atoms with Crippen LogP contribution >= 0.6 is 15.9 Å². The van der Waals surface area contributed by atoms with Crippen LogP contribution in [0.2, 0.25) is 0 Å². The molecule has 0 aromatic heterocycles. The molecule has 1 aromatic rings. The highest BCUT2D eigenvalue weighted by atomic mass is 79.9. The number of aryl methyl sites for hydroxylation is 1. The topological polar surface area (TPSA) is 48.2 Å². The van der Waals surface area contributed by atoms with E-state index in [0.717, 1.165) is 11.1 Å². The van der Waals surface area contributed by atoms with Crippen LogP contribution in [0.3, 0.4) is 0 Å². The maximum absolute atomic E-state index is 11.8. The Labute approximate surface area is 111 Å². The van der Waals surface area contributed by atoms with E-state index >= 15 is 0 Å². The Morgan fingerprint density at radius 2 is 1.94 bits per heavy atom. The molecule has 0 amide bonds. The van der Waals surface area contributed by atoms with Crippen molar-refractivity contribution in [3.63, 3.8) is 0 Å². The van der Waals surface area contributed by atoms with Crippen LogP contribution in [-0.2, 0) is 10.0 Å². The van der Waals surface area contributed by atoms with Gasteiger partial charge in [0.25, 0.3) is 0 Å². The Morgan fingerprint density at radius 3 is 2.47 bits per heavy atom. The van der Waals surface area contributed by atoms with Gasteiger partial charge in [0.2, 0.25) is 0 Å². The van der Waals surface area contributed by atoms with Gasteiger partial charge in [-0.2, -0.15) is 0 Å². The molecule has 5 heteroatoms. The normalized spacial score (nSPS) is 12.8. The predicted octanol–water partition coefficient (Wildman–Crippen LogP) is 3.75. The van der Waals surface area contributed by atoms with Crippen LogP contribution < -0.4 is 0 Å². The fraction of sp³-hybridized carbons (Fsp3) is 0.333. The lowest BCUT2D eigenvalue weighted by atomic mass is 10.2. The summed E-state index contributed by atoms with van der Waals surface area (Å²) in [4.78, 5) is 2.03. The molecule has 0 spiro atoms. The molecule has 0 heterocycles. The van der Waals surface area contributed by atoms with Crippen molar-refractivity contribution in [2.75, 3.05) is 6.54 Å². The molecule has 0 atom stereocenters. The van der Waals surface area contributed by atoms with Gasteiger partial charge >= 0.3 is 0 Å². The molecule has 0 aliphatic heterocycles. The average Bonchev–Trinajstić information content (AvgIpc) is 2.29. The zero-order chi connectivity index (χ0) is 12.9. The lowest BCUT2D eigenvalue weighted by Crippen LogP contribution is -2.01. The number of benzene rings is 1. The molecule has 0 aliphatic carbocycles. The highest BCUT2D eigenvalue weighted by Gasteiger charge is 2.02. The van der Waals surface area contributed by atoms with E-state index in [9.17, 15) is 8.42 Å². The minimum atomic E-state index is -3.50. The maximum Gasteiger partial charge on any atom is 0.101 e. The van der Waals surface area contributed by atoms with E-state index in [2.05, 4.69) is 20.7 Å². The van der Waals surface area contributed by atoms with Crippen LogP contribution in [0.5, 0.6) is 0 Å². The second-order valence-corrected chi connectivity index (χ2v) is 5.98. The average molecular weight is 317 g/mol. The van der Waals surface area contributed by atoms with E-state index in [-0.39, 0.29) is 11.4 Å². The third kappa shape index (κ3) is 4.61. The predicted molar refractivity (Wildman–Crippen MR) is 73.9 cm³/mol. The molecule has 0 aliphatic rings. The molecule has 1 rings (SSSR count). The van der Waals surface area contributed by atoms with Gasteiger partial charge in [-0.05, 0) is 37.4 Å². The van der Waals surface area contributed by atoms with Crippen molar-refractivity contribution in [3.8, 4) is 0 Å². The summed E-state index contributed by atoms with van der Waals surface area (Å²) < 4.78 is 27.4. The molecule has 0 unspecified atom stereocenters. The third-order valence-corrected chi connectivity index (χ3v) is 4.44. The molecule has 94 valence electrons. The Hall–Kier alpha value is -0.650. The van der Waals surface area contributed by atoms with Crippen molar-refractivity contribution in [2.45, 2.75) is 25.2 Å². The minimum absolute atomic E-state index is 0.253. The summed E-state index contributed by atoms with van der Waals surface area (Å²) in [5.74, 6) is 0. The van der Waals surface area contributed by atoms with Gasteiger partial charge in [0.1, 0.15) is 10.0 Å². The molecule has 1 aromatic carbocycles. The fourth-order valence-corrected chi connectivity index (χ4v) is 2.37. The first-order valence-electron chi connectivity index (χ1n) is 5.22. The van der Waals surface area contributed by atoms with Crippen molar-refractivity contribution in [1.82, 2.24) is 0 Å². The van der Waals surface area contributed by atoms with E-state index in [1.54, 1.807) is 29.3 Å².